The summed E-state index contributed by atoms with van der Waals surface area (Å²) < 4.78 is 2.27. The summed E-state index contributed by atoms with van der Waals surface area (Å²) in [6, 6.07) is 10.1. The molecule has 0 saturated carbocycles. The van der Waals surface area contributed by atoms with E-state index in [4.69, 9.17) is 0 Å². The van der Waals surface area contributed by atoms with Crippen LogP contribution in [0.2, 0.25) is 0 Å². The van der Waals surface area contributed by atoms with Gasteiger partial charge in [-0.1, -0.05) is 18.2 Å². The first-order valence-electron chi connectivity index (χ1n) is 8.89. The number of rotatable bonds is 4. The van der Waals surface area contributed by atoms with E-state index in [1.807, 2.05) is 35.2 Å². The molecule has 0 aliphatic carbocycles. The first-order chi connectivity index (χ1) is 12.3. The van der Waals surface area contributed by atoms with Crippen LogP contribution in [0.4, 0.5) is 0 Å². The van der Waals surface area contributed by atoms with Gasteiger partial charge in [0, 0.05) is 37.0 Å². The molecule has 0 unspecified atom stereocenters. The molecule has 2 aliphatic heterocycles. The molecular formula is C18H24ClN5OS. The van der Waals surface area contributed by atoms with Gasteiger partial charge < -0.3 is 14.8 Å². The highest BCUT2D eigenvalue weighted by atomic mass is 35.5. The molecule has 0 spiro atoms. The summed E-state index contributed by atoms with van der Waals surface area (Å²) in [5.41, 5.74) is 0. The van der Waals surface area contributed by atoms with Crippen LogP contribution in [-0.2, 0) is 17.9 Å². The number of amides is 1. The summed E-state index contributed by atoms with van der Waals surface area (Å²) in [7, 11) is 0. The van der Waals surface area contributed by atoms with Crippen LogP contribution in [0.3, 0.4) is 0 Å². The molecule has 4 rings (SSSR count). The summed E-state index contributed by atoms with van der Waals surface area (Å²) in [5, 5.41) is 12.1. The van der Waals surface area contributed by atoms with E-state index in [0.29, 0.717) is 11.7 Å². The first kappa shape index (κ1) is 19.2. The Morgan fingerprint density at radius 2 is 1.92 bits per heavy atom. The van der Waals surface area contributed by atoms with Crippen molar-refractivity contribution in [3.63, 3.8) is 0 Å². The summed E-state index contributed by atoms with van der Waals surface area (Å²) in [6.07, 6.45) is 1.96. The Kier molecular flexibility index (Phi) is 6.56. The van der Waals surface area contributed by atoms with E-state index in [9.17, 15) is 4.79 Å². The summed E-state index contributed by atoms with van der Waals surface area (Å²) in [4.78, 5) is 15.6. The molecule has 2 aromatic rings. The minimum Gasteiger partial charge on any atom is -0.342 e. The highest BCUT2D eigenvalue weighted by Gasteiger charge is 2.28. The zero-order chi connectivity index (χ0) is 17.1. The number of hydrogen-bond acceptors (Lipinski definition) is 5. The molecule has 3 heterocycles. The molecule has 1 saturated heterocycles. The van der Waals surface area contributed by atoms with Crippen molar-refractivity contribution < 1.29 is 4.79 Å². The molecule has 1 N–H and O–H groups in total. The number of benzene rings is 1. The number of hydrogen-bond donors (Lipinski definition) is 1. The third-order valence-electron chi connectivity index (χ3n) is 4.97. The molecule has 1 amide bonds. The fourth-order valence-corrected chi connectivity index (χ4v) is 4.38. The number of carbonyl (C=O) groups excluding carboxylic acids is 1. The summed E-state index contributed by atoms with van der Waals surface area (Å²) in [6.45, 7) is 4.37. The molecule has 0 radical (unpaired) electrons. The number of thioether (sulfide) groups is 1. The maximum absolute atomic E-state index is 12.5. The molecule has 0 atom stereocenters. The quantitative estimate of drug-likeness (QED) is 0.807. The molecule has 2 aliphatic rings. The third-order valence-corrected chi connectivity index (χ3v) is 5.97. The van der Waals surface area contributed by atoms with E-state index < -0.39 is 0 Å². The Labute approximate surface area is 164 Å². The zero-order valence-electron chi connectivity index (χ0n) is 14.6. The van der Waals surface area contributed by atoms with Crippen molar-refractivity contribution in [2.45, 2.75) is 36.7 Å². The number of fused-ring (bicyclic) bond motifs is 1. The molecule has 6 nitrogen and oxygen atoms in total. The number of nitrogens with zero attached hydrogens (tertiary/aromatic N) is 4. The van der Waals surface area contributed by atoms with E-state index in [1.54, 1.807) is 11.8 Å². The van der Waals surface area contributed by atoms with Crippen LogP contribution < -0.4 is 5.32 Å². The Morgan fingerprint density at radius 3 is 2.69 bits per heavy atom. The number of nitrogens with one attached hydrogen (secondary N) is 1. The predicted molar refractivity (Wildman–Crippen MR) is 105 cm³/mol. The minimum atomic E-state index is 0. The van der Waals surface area contributed by atoms with Gasteiger partial charge in [0.25, 0.3) is 0 Å². The number of halogens is 1. The molecule has 140 valence electrons. The predicted octanol–water partition coefficient (Wildman–Crippen LogP) is 2.30. The average molecular weight is 394 g/mol. The van der Waals surface area contributed by atoms with Gasteiger partial charge in [-0.15, -0.1) is 34.4 Å². The van der Waals surface area contributed by atoms with E-state index in [0.717, 1.165) is 62.1 Å². The first-order valence-corrected chi connectivity index (χ1v) is 9.88. The average Bonchev–Trinajstić information content (AvgIpc) is 3.11. The van der Waals surface area contributed by atoms with Crippen LogP contribution in [0.25, 0.3) is 0 Å². The second kappa shape index (κ2) is 8.88. The lowest BCUT2D eigenvalue weighted by atomic mass is 9.95. The lowest BCUT2D eigenvalue weighted by Crippen LogP contribution is -2.39. The Balaban J connectivity index is 0.00000196. The molecule has 26 heavy (non-hydrogen) atoms. The van der Waals surface area contributed by atoms with Gasteiger partial charge in [-0.05, 0) is 25.0 Å². The highest BCUT2D eigenvalue weighted by Crippen LogP contribution is 2.28. The summed E-state index contributed by atoms with van der Waals surface area (Å²) in [5.74, 6) is 3.33. The van der Waals surface area contributed by atoms with Crippen LogP contribution >= 0.6 is 24.2 Å². The Bertz CT molecular complexity index is 730. The van der Waals surface area contributed by atoms with Crippen LogP contribution in [0.5, 0.6) is 0 Å². The third kappa shape index (κ3) is 4.22. The largest absolute Gasteiger partial charge is 0.342 e. The number of piperidine rings is 1. The maximum Gasteiger partial charge on any atom is 0.232 e. The van der Waals surface area contributed by atoms with Crippen LogP contribution in [-0.4, -0.2) is 51.0 Å². The van der Waals surface area contributed by atoms with Gasteiger partial charge in [0.2, 0.25) is 5.91 Å². The van der Waals surface area contributed by atoms with Crippen LogP contribution in [0, 0.1) is 0 Å². The lowest BCUT2D eigenvalue weighted by molar-refractivity contribution is -0.129. The second-order valence-electron chi connectivity index (χ2n) is 6.56. The van der Waals surface area contributed by atoms with Crippen molar-refractivity contribution in [1.29, 1.82) is 0 Å². The normalized spacial score (nSPS) is 17.5. The molecule has 1 fully saturated rings. The van der Waals surface area contributed by atoms with E-state index in [1.165, 1.54) is 0 Å². The fourth-order valence-electron chi connectivity index (χ4n) is 3.56. The maximum atomic E-state index is 12.5. The molecular weight excluding hydrogens is 370 g/mol. The van der Waals surface area contributed by atoms with Gasteiger partial charge in [-0.25, -0.2) is 0 Å². The van der Waals surface area contributed by atoms with Gasteiger partial charge in [0.05, 0.1) is 12.3 Å². The summed E-state index contributed by atoms with van der Waals surface area (Å²) >= 11 is 1.61. The monoisotopic (exact) mass is 393 g/mol. The van der Waals surface area contributed by atoms with Crippen molar-refractivity contribution in [3.05, 3.63) is 42.0 Å². The molecule has 1 aromatic carbocycles. The van der Waals surface area contributed by atoms with E-state index >= 15 is 0 Å². The number of carbonyl (C=O) groups is 1. The van der Waals surface area contributed by atoms with Gasteiger partial charge >= 0.3 is 0 Å². The van der Waals surface area contributed by atoms with E-state index in [2.05, 4.69) is 20.1 Å². The second-order valence-corrected chi connectivity index (χ2v) is 7.61. The Hall–Kier alpha value is -1.57. The molecule has 0 bridgehead atoms. The van der Waals surface area contributed by atoms with Crippen molar-refractivity contribution >= 4 is 30.1 Å². The van der Waals surface area contributed by atoms with Gasteiger partial charge in [0.15, 0.2) is 0 Å². The Morgan fingerprint density at radius 1 is 1.15 bits per heavy atom. The van der Waals surface area contributed by atoms with Crippen LogP contribution in [0.1, 0.15) is 30.4 Å². The van der Waals surface area contributed by atoms with Gasteiger partial charge in [0.1, 0.15) is 11.6 Å². The van der Waals surface area contributed by atoms with Crippen molar-refractivity contribution in [1.82, 2.24) is 25.0 Å². The van der Waals surface area contributed by atoms with Gasteiger partial charge in [-0.3, -0.25) is 4.79 Å². The molecule has 1 aromatic heterocycles. The minimum absolute atomic E-state index is 0. The van der Waals surface area contributed by atoms with Crippen molar-refractivity contribution in [3.8, 4) is 0 Å². The topological polar surface area (TPSA) is 63.1 Å². The van der Waals surface area contributed by atoms with Crippen molar-refractivity contribution in [2.75, 3.05) is 25.4 Å². The zero-order valence-corrected chi connectivity index (χ0v) is 16.3. The molecule has 8 heteroatoms. The fraction of sp³-hybridized carbons (Fsp3) is 0.500. The lowest BCUT2D eigenvalue weighted by Gasteiger charge is -2.32. The number of aromatic nitrogens is 3. The van der Waals surface area contributed by atoms with Crippen molar-refractivity contribution in [2.24, 2.45) is 0 Å². The standard InChI is InChI=1S/C18H23N5OS.ClH/c24-17(13-25-15-4-2-1-3-5-15)22-9-6-14(7-10-22)18-21-20-16-12-19-8-11-23(16)18;/h1-5,14,19H,6-13H2;1H. The number of likely N-dealkylation sites (tertiary alicyclic amines) is 1. The highest BCUT2D eigenvalue weighted by molar-refractivity contribution is 8.00. The van der Waals surface area contributed by atoms with Gasteiger partial charge in [-0.2, -0.15) is 0 Å². The van der Waals surface area contributed by atoms with Crippen LogP contribution in [0.15, 0.2) is 35.2 Å². The SMILES string of the molecule is Cl.O=C(CSc1ccccc1)N1CCC(c2nnc3n2CCNC3)CC1. The smallest absolute Gasteiger partial charge is 0.232 e. The van der Waals surface area contributed by atoms with E-state index in [-0.39, 0.29) is 18.3 Å².